The molecule has 0 aliphatic rings. The van der Waals surface area contributed by atoms with Crippen LogP contribution in [0.4, 0.5) is 5.82 Å². The number of aryl methyl sites for hydroxylation is 1. The minimum absolute atomic E-state index is 0.0753. The summed E-state index contributed by atoms with van der Waals surface area (Å²) in [6, 6.07) is 7.47. The molecule has 0 aromatic carbocycles. The molecule has 2 rings (SSSR count). The summed E-state index contributed by atoms with van der Waals surface area (Å²) >= 11 is 0. The fraction of sp³-hybridized carbons (Fsp3) is 0.312. The smallest absolute Gasteiger partial charge is 0.251 e. The molecule has 2 aromatic heterocycles. The molecule has 2 N–H and O–H groups in total. The molecule has 0 radical (unpaired) electrons. The Morgan fingerprint density at radius 1 is 1.24 bits per heavy atom. The highest BCUT2D eigenvalue weighted by atomic mass is 16.1. The zero-order valence-electron chi connectivity index (χ0n) is 12.4. The van der Waals surface area contributed by atoms with Crippen LogP contribution in [0.2, 0.25) is 0 Å². The monoisotopic (exact) mass is 284 g/mol. The molecule has 21 heavy (non-hydrogen) atoms. The van der Waals surface area contributed by atoms with Gasteiger partial charge in [0.2, 0.25) is 0 Å². The first-order valence-electron chi connectivity index (χ1n) is 7.08. The fourth-order valence-corrected chi connectivity index (χ4v) is 2.04. The van der Waals surface area contributed by atoms with Crippen LogP contribution in [-0.4, -0.2) is 29.0 Å². The van der Waals surface area contributed by atoms with Crippen molar-refractivity contribution in [3.8, 4) is 0 Å². The van der Waals surface area contributed by atoms with Gasteiger partial charge >= 0.3 is 0 Å². The Hall–Kier alpha value is -2.43. The Kier molecular flexibility index (Phi) is 5.26. The average molecular weight is 284 g/mol. The van der Waals surface area contributed by atoms with Crippen molar-refractivity contribution in [2.24, 2.45) is 0 Å². The van der Waals surface area contributed by atoms with Crippen molar-refractivity contribution in [1.82, 2.24) is 15.3 Å². The zero-order valence-corrected chi connectivity index (χ0v) is 12.4. The average Bonchev–Trinajstić information content (AvgIpc) is 2.48. The van der Waals surface area contributed by atoms with Crippen LogP contribution in [0.3, 0.4) is 0 Å². The lowest BCUT2D eigenvalue weighted by Crippen LogP contribution is -2.26. The lowest BCUT2D eigenvalue weighted by molar-refractivity contribution is 0.0954. The second kappa shape index (κ2) is 7.38. The van der Waals surface area contributed by atoms with Gasteiger partial charge in [-0.3, -0.25) is 9.78 Å². The van der Waals surface area contributed by atoms with Crippen molar-refractivity contribution >= 4 is 11.7 Å². The molecule has 110 valence electrons. The van der Waals surface area contributed by atoms with Crippen molar-refractivity contribution in [2.75, 3.05) is 18.4 Å². The van der Waals surface area contributed by atoms with Crippen molar-refractivity contribution in [3.05, 3.63) is 53.5 Å². The number of hydrogen-bond donors (Lipinski definition) is 2. The number of carbonyl (C=O) groups is 1. The molecule has 0 fully saturated rings. The Morgan fingerprint density at radius 3 is 2.71 bits per heavy atom. The first-order chi connectivity index (χ1) is 10.2. The first-order valence-corrected chi connectivity index (χ1v) is 7.08. The Morgan fingerprint density at radius 2 is 2.00 bits per heavy atom. The van der Waals surface area contributed by atoms with Gasteiger partial charge in [-0.2, -0.15) is 0 Å². The second-order valence-corrected chi connectivity index (χ2v) is 4.77. The number of pyridine rings is 2. The van der Waals surface area contributed by atoms with E-state index in [0.717, 1.165) is 30.0 Å². The third-order valence-electron chi connectivity index (χ3n) is 3.02. The summed E-state index contributed by atoms with van der Waals surface area (Å²) in [5.74, 6) is 0.658. The zero-order chi connectivity index (χ0) is 15.1. The third-order valence-corrected chi connectivity index (χ3v) is 3.02. The lowest BCUT2D eigenvalue weighted by atomic mass is 10.2. The van der Waals surface area contributed by atoms with Gasteiger partial charge in [0.25, 0.3) is 5.91 Å². The minimum atomic E-state index is -0.0753. The molecule has 0 bridgehead atoms. The quantitative estimate of drug-likeness (QED) is 0.853. The highest BCUT2D eigenvalue weighted by Crippen LogP contribution is 2.10. The van der Waals surface area contributed by atoms with Crippen molar-refractivity contribution in [1.29, 1.82) is 0 Å². The molecule has 2 heterocycles. The van der Waals surface area contributed by atoms with Crippen molar-refractivity contribution in [3.63, 3.8) is 0 Å². The molecule has 0 saturated carbocycles. The van der Waals surface area contributed by atoms with E-state index in [1.165, 1.54) is 0 Å². The Labute approximate surface area is 124 Å². The maximum Gasteiger partial charge on any atom is 0.251 e. The lowest BCUT2D eigenvalue weighted by Gasteiger charge is -2.09. The molecule has 0 spiro atoms. The summed E-state index contributed by atoms with van der Waals surface area (Å²) in [5.41, 5.74) is 2.62. The molecular formula is C16H20N4O. The standard InChI is InChI=1S/C16H20N4O/c1-3-18-15-11-14(10-12(2)20-15)16(21)19-9-6-13-4-7-17-8-5-13/h4-5,7-8,10-11H,3,6,9H2,1-2H3,(H,18,20)(H,19,21). The van der Waals surface area contributed by atoms with Crippen LogP contribution in [0.15, 0.2) is 36.7 Å². The number of rotatable bonds is 6. The van der Waals surface area contributed by atoms with Crippen molar-refractivity contribution in [2.45, 2.75) is 20.3 Å². The van der Waals surface area contributed by atoms with Crippen LogP contribution >= 0.6 is 0 Å². The summed E-state index contributed by atoms with van der Waals surface area (Å²) in [7, 11) is 0. The molecule has 1 amide bonds. The van der Waals surface area contributed by atoms with Crippen LogP contribution in [0.1, 0.15) is 28.5 Å². The Balaban J connectivity index is 1.94. The maximum atomic E-state index is 12.2. The molecule has 0 atom stereocenters. The first kappa shape index (κ1) is 15.0. The van der Waals surface area contributed by atoms with E-state index in [1.54, 1.807) is 24.5 Å². The van der Waals surface area contributed by atoms with Crippen LogP contribution in [-0.2, 0) is 6.42 Å². The summed E-state index contributed by atoms with van der Waals surface area (Å²) in [6.45, 7) is 5.26. The molecule has 5 heteroatoms. The number of hydrogen-bond acceptors (Lipinski definition) is 4. The van der Waals surface area contributed by atoms with Gasteiger partial charge in [-0.15, -0.1) is 0 Å². The van der Waals surface area contributed by atoms with Gasteiger partial charge in [0.05, 0.1) is 0 Å². The van der Waals surface area contributed by atoms with E-state index in [9.17, 15) is 4.79 Å². The molecule has 0 aliphatic carbocycles. The van der Waals surface area contributed by atoms with Crippen LogP contribution < -0.4 is 10.6 Å². The highest BCUT2D eigenvalue weighted by molar-refractivity contribution is 5.95. The number of nitrogens with one attached hydrogen (secondary N) is 2. The van der Waals surface area contributed by atoms with Gasteiger partial charge < -0.3 is 10.6 Å². The predicted octanol–water partition coefficient (Wildman–Crippen LogP) is 2.19. The normalized spacial score (nSPS) is 10.2. The van der Waals surface area contributed by atoms with Crippen LogP contribution in [0.5, 0.6) is 0 Å². The Bertz CT molecular complexity index is 598. The fourth-order valence-electron chi connectivity index (χ4n) is 2.04. The number of carbonyl (C=O) groups excluding carboxylic acids is 1. The van der Waals surface area contributed by atoms with E-state index < -0.39 is 0 Å². The molecule has 0 saturated heterocycles. The van der Waals surface area contributed by atoms with Crippen LogP contribution in [0, 0.1) is 6.92 Å². The SMILES string of the molecule is CCNc1cc(C(=O)NCCc2ccncc2)cc(C)n1. The van der Waals surface area contributed by atoms with E-state index >= 15 is 0 Å². The summed E-state index contributed by atoms with van der Waals surface area (Å²) in [5, 5.41) is 6.06. The number of anilines is 1. The van der Waals surface area contributed by atoms with Crippen molar-refractivity contribution < 1.29 is 4.79 Å². The predicted molar refractivity (Wildman–Crippen MR) is 83.4 cm³/mol. The van der Waals surface area contributed by atoms with E-state index in [1.807, 2.05) is 26.0 Å². The summed E-state index contributed by atoms with van der Waals surface area (Å²) in [6.07, 6.45) is 4.30. The summed E-state index contributed by atoms with van der Waals surface area (Å²) < 4.78 is 0. The van der Waals surface area contributed by atoms with E-state index in [2.05, 4.69) is 20.6 Å². The minimum Gasteiger partial charge on any atom is -0.370 e. The molecule has 0 unspecified atom stereocenters. The van der Waals surface area contributed by atoms with Gasteiger partial charge in [-0.1, -0.05) is 0 Å². The van der Waals surface area contributed by atoms with Gasteiger partial charge in [0.1, 0.15) is 5.82 Å². The molecule has 5 nitrogen and oxygen atoms in total. The maximum absolute atomic E-state index is 12.2. The molecule has 0 aliphatic heterocycles. The topological polar surface area (TPSA) is 66.9 Å². The third kappa shape index (κ3) is 4.56. The number of nitrogens with zero attached hydrogens (tertiary/aromatic N) is 2. The number of aromatic nitrogens is 2. The molecule has 2 aromatic rings. The number of amides is 1. The van der Waals surface area contributed by atoms with Crippen LogP contribution in [0.25, 0.3) is 0 Å². The van der Waals surface area contributed by atoms with Gasteiger partial charge in [0.15, 0.2) is 0 Å². The van der Waals surface area contributed by atoms with Gasteiger partial charge in [-0.25, -0.2) is 4.98 Å². The molecular weight excluding hydrogens is 264 g/mol. The second-order valence-electron chi connectivity index (χ2n) is 4.77. The van der Waals surface area contributed by atoms with Gasteiger partial charge in [-0.05, 0) is 50.1 Å². The van der Waals surface area contributed by atoms with E-state index in [0.29, 0.717) is 12.1 Å². The van der Waals surface area contributed by atoms with Gasteiger partial charge in [0, 0.05) is 36.7 Å². The largest absolute Gasteiger partial charge is 0.370 e. The highest BCUT2D eigenvalue weighted by Gasteiger charge is 2.08. The van der Waals surface area contributed by atoms with E-state index in [-0.39, 0.29) is 5.91 Å². The van der Waals surface area contributed by atoms with E-state index in [4.69, 9.17) is 0 Å². The summed E-state index contributed by atoms with van der Waals surface area (Å²) in [4.78, 5) is 20.5.